The van der Waals surface area contributed by atoms with Crippen LogP contribution in [0.15, 0.2) is 4.99 Å². The quantitative estimate of drug-likeness (QED) is 0.333. The van der Waals surface area contributed by atoms with Crippen LogP contribution in [-0.2, 0) is 14.3 Å². The van der Waals surface area contributed by atoms with Gasteiger partial charge in [0.2, 0.25) is 0 Å². The second kappa shape index (κ2) is 7.99. The number of esters is 1. The molecule has 2 unspecified atom stereocenters. The molecule has 1 N–H and O–H groups in total. The van der Waals surface area contributed by atoms with Crippen molar-refractivity contribution >= 4 is 11.9 Å². The molecule has 2 fully saturated rings. The van der Waals surface area contributed by atoms with Crippen molar-refractivity contribution in [2.24, 2.45) is 22.2 Å². The number of hydrogen-bond acceptors (Lipinski definition) is 4. The van der Waals surface area contributed by atoms with E-state index in [9.17, 15) is 4.79 Å². The molecule has 0 aromatic carbocycles. The zero-order valence-corrected chi connectivity index (χ0v) is 14.9. The first-order valence-electron chi connectivity index (χ1n) is 8.66. The highest BCUT2D eigenvalue weighted by atomic mass is 16.5. The number of ether oxygens (including phenoxy) is 2. The fourth-order valence-corrected chi connectivity index (χ4v) is 3.32. The standard InChI is InChI=1S/C17H31N3O3/c1-5-23-9-8-17(6-7-17)12-19-16(18-3)20-10-13(2)14(11-20)15(21)22-4/h13-14H,5-12H2,1-4H3,(H,18,19). The lowest BCUT2D eigenvalue weighted by atomic mass is 9.99. The van der Waals surface area contributed by atoms with E-state index in [4.69, 9.17) is 9.47 Å². The van der Waals surface area contributed by atoms with Gasteiger partial charge in [0.25, 0.3) is 0 Å². The zero-order valence-electron chi connectivity index (χ0n) is 14.9. The zero-order chi connectivity index (χ0) is 16.9. The first kappa shape index (κ1) is 18.0. The van der Waals surface area contributed by atoms with E-state index in [2.05, 4.69) is 22.1 Å². The third-order valence-electron chi connectivity index (χ3n) is 5.19. The largest absolute Gasteiger partial charge is 0.469 e. The summed E-state index contributed by atoms with van der Waals surface area (Å²) >= 11 is 0. The second-order valence-electron chi connectivity index (χ2n) is 6.86. The van der Waals surface area contributed by atoms with Crippen LogP contribution in [-0.4, -0.2) is 63.8 Å². The minimum Gasteiger partial charge on any atom is -0.469 e. The molecule has 0 aromatic rings. The lowest BCUT2D eigenvalue weighted by Gasteiger charge is -2.24. The Balaban J connectivity index is 1.83. The molecule has 6 heteroatoms. The highest BCUT2D eigenvalue weighted by Gasteiger charge is 2.43. The first-order chi connectivity index (χ1) is 11.0. The summed E-state index contributed by atoms with van der Waals surface area (Å²) in [6.07, 6.45) is 3.61. The molecule has 1 saturated heterocycles. The Hall–Kier alpha value is -1.30. The molecule has 0 bridgehead atoms. The Morgan fingerprint density at radius 3 is 2.70 bits per heavy atom. The van der Waals surface area contributed by atoms with Crippen LogP contribution in [0, 0.1) is 17.3 Å². The number of carbonyl (C=O) groups excluding carboxylic acids is 1. The van der Waals surface area contributed by atoms with Crippen LogP contribution in [0.25, 0.3) is 0 Å². The number of nitrogens with zero attached hydrogens (tertiary/aromatic N) is 2. The summed E-state index contributed by atoms with van der Waals surface area (Å²) in [6.45, 7) is 8.20. The molecule has 0 spiro atoms. The molecule has 1 aliphatic heterocycles. The van der Waals surface area contributed by atoms with Crippen molar-refractivity contribution in [2.45, 2.75) is 33.1 Å². The fourth-order valence-electron chi connectivity index (χ4n) is 3.32. The summed E-state index contributed by atoms with van der Waals surface area (Å²) in [7, 11) is 3.26. The van der Waals surface area contributed by atoms with E-state index >= 15 is 0 Å². The number of likely N-dealkylation sites (tertiary alicyclic amines) is 1. The van der Waals surface area contributed by atoms with Crippen molar-refractivity contribution in [1.29, 1.82) is 0 Å². The molecule has 2 aliphatic rings. The predicted octanol–water partition coefficient (Wildman–Crippen LogP) is 1.51. The molecule has 1 saturated carbocycles. The Kier molecular flexibility index (Phi) is 6.27. The SMILES string of the molecule is CCOCCC1(CNC(=NC)N2CC(C)C(C(=O)OC)C2)CC1. The number of carbonyl (C=O) groups is 1. The van der Waals surface area contributed by atoms with Gasteiger partial charge in [-0.25, -0.2) is 0 Å². The van der Waals surface area contributed by atoms with E-state index in [1.807, 2.05) is 6.92 Å². The Labute approximate surface area is 139 Å². The van der Waals surface area contributed by atoms with Gasteiger partial charge in [-0.2, -0.15) is 0 Å². The van der Waals surface area contributed by atoms with Gasteiger partial charge >= 0.3 is 5.97 Å². The van der Waals surface area contributed by atoms with Crippen molar-refractivity contribution < 1.29 is 14.3 Å². The Morgan fingerprint density at radius 1 is 1.39 bits per heavy atom. The molecule has 0 aromatic heterocycles. The predicted molar refractivity (Wildman–Crippen MR) is 90.4 cm³/mol. The van der Waals surface area contributed by atoms with Crippen LogP contribution in [0.5, 0.6) is 0 Å². The van der Waals surface area contributed by atoms with Gasteiger partial charge in [0.05, 0.1) is 13.0 Å². The van der Waals surface area contributed by atoms with Gasteiger partial charge in [-0.3, -0.25) is 9.79 Å². The van der Waals surface area contributed by atoms with Gasteiger partial charge in [-0.05, 0) is 37.5 Å². The summed E-state index contributed by atoms with van der Waals surface area (Å²) in [5.74, 6) is 0.997. The smallest absolute Gasteiger partial charge is 0.310 e. The molecule has 1 aliphatic carbocycles. The fraction of sp³-hybridized carbons (Fsp3) is 0.882. The average molecular weight is 325 g/mol. The highest BCUT2D eigenvalue weighted by Crippen LogP contribution is 2.48. The minimum absolute atomic E-state index is 0.0635. The lowest BCUT2D eigenvalue weighted by Crippen LogP contribution is -2.43. The van der Waals surface area contributed by atoms with Crippen molar-refractivity contribution in [3.05, 3.63) is 0 Å². The molecule has 23 heavy (non-hydrogen) atoms. The van der Waals surface area contributed by atoms with Crippen molar-refractivity contribution in [3.63, 3.8) is 0 Å². The van der Waals surface area contributed by atoms with E-state index in [-0.39, 0.29) is 17.8 Å². The van der Waals surface area contributed by atoms with Crippen molar-refractivity contribution in [3.8, 4) is 0 Å². The maximum absolute atomic E-state index is 11.8. The summed E-state index contributed by atoms with van der Waals surface area (Å²) in [5, 5.41) is 3.51. The molecular weight excluding hydrogens is 294 g/mol. The van der Waals surface area contributed by atoms with E-state index in [0.29, 0.717) is 12.0 Å². The van der Waals surface area contributed by atoms with Gasteiger partial charge < -0.3 is 19.7 Å². The summed E-state index contributed by atoms with van der Waals surface area (Å²) in [6, 6.07) is 0. The molecule has 1 heterocycles. The van der Waals surface area contributed by atoms with Gasteiger partial charge in [-0.15, -0.1) is 0 Å². The summed E-state index contributed by atoms with van der Waals surface area (Å²) < 4.78 is 10.4. The molecule has 2 atom stereocenters. The molecule has 132 valence electrons. The summed E-state index contributed by atoms with van der Waals surface area (Å²) in [4.78, 5) is 18.4. The number of rotatable bonds is 7. The molecular formula is C17H31N3O3. The van der Waals surface area contributed by atoms with Crippen LogP contribution in [0.2, 0.25) is 0 Å². The first-order valence-corrected chi connectivity index (χ1v) is 8.66. The minimum atomic E-state index is -0.120. The number of hydrogen-bond donors (Lipinski definition) is 1. The highest BCUT2D eigenvalue weighted by molar-refractivity contribution is 5.82. The van der Waals surface area contributed by atoms with E-state index in [0.717, 1.165) is 38.7 Å². The number of aliphatic imine (C=N–C) groups is 1. The van der Waals surface area contributed by atoms with Crippen LogP contribution in [0.3, 0.4) is 0 Å². The monoisotopic (exact) mass is 325 g/mol. The maximum Gasteiger partial charge on any atom is 0.310 e. The van der Waals surface area contributed by atoms with Crippen LogP contribution >= 0.6 is 0 Å². The summed E-state index contributed by atoms with van der Waals surface area (Å²) in [5.41, 5.74) is 0.373. The van der Waals surface area contributed by atoms with Crippen LogP contribution in [0.1, 0.15) is 33.1 Å². The maximum atomic E-state index is 11.8. The normalized spacial score (nSPS) is 26.3. The molecule has 2 rings (SSSR count). The third-order valence-corrected chi connectivity index (χ3v) is 5.19. The van der Waals surface area contributed by atoms with E-state index in [1.165, 1.54) is 20.0 Å². The van der Waals surface area contributed by atoms with Gasteiger partial charge in [0.1, 0.15) is 0 Å². The van der Waals surface area contributed by atoms with Gasteiger partial charge in [-0.1, -0.05) is 6.92 Å². The number of guanidine groups is 1. The molecule has 6 nitrogen and oxygen atoms in total. The lowest BCUT2D eigenvalue weighted by molar-refractivity contribution is -0.145. The Bertz CT molecular complexity index is 435. The van der Waals surface area contributed by atoms with Crippen LogP contribution in [0.4, 0.5) is 0 Å². The average Bonchev–Trinajstić information content (AvgIpc) is 3.21. The van der Waals surface area contributed by atoms with Gasteiger partial charge in [0.15, 0.2) is 5.96 Å². The van der Waals surface area contributed by atoms with Crippen molar-refractivity contribution in [2.75, 3.05) is 47.0 Å². The van der Waals surface area contributed by atoms with Gasteiger partial charge in [0, 0.05) is 39.9 Å². The number of methoxy groups -OCH3 is 1. The van der Waals surface area contributed by atoms with E-state index < -0.39 is 0 Å². The molecule has 0 amide bonds. The Morgan fingerprint density at radius 2 is 2.13 bits per heavy atom. The topological polar surface area (TPSA) is 63.2 Å². The third kappa shape index (κ3) is 4.59. The molecule has 0 radical (unpaired) electrons. The van der Waals surface area contributed by atoms with E-state index in [1.54, 1.807) is 7.05 Å². The van der Waals surface area contributed by atoms with Crippen LogP contribution < -0.4 is 5.32 Å². The van der Waals surface area contributed by atoms with Crippen molar-refractivity contribution in [1.82, 2.24) is 10.2 Å². The number of nitrogens with one attached hydrogen (secondary N) is 1. The second-order valence-corrected chi connectivity index (χ2v) is 6.86.